The Morgan fingerprint density at radius 2 is 1.77 bits per heavy atom. The van der Waals surface area contributed by atoms with Gasteiger partial charge in [-0.3, -0.25) is 19.4 Å². The van der Waals surface area contributed by atoms with Gasteiger partial charge in [-0.25, -0.2) is 4.98 Å². The zero-order valence-electron chi connectivity index (χ0n) is 24.9. The number of oxazole rings is 1. The van der Waals surface area contributed by atoms with Crippen LogP contribution in [0.3, 0.4) is 0 Å². The third-order valence-electron chi connectivity index (χ3n) is 8.49. The Hall–Kier alpha value is -5.41. The third-order valence-corrected chi connectivity index (χ3v) is 8.49. The van der Waals surface area contributed by atoms with Crippen LogP contribution in [-0.2, 0) is 4.74 Å². The van der Waals surface area contributed by atoms with Crippen LogP contribution in [0.1, 0.15) is 40.5 Å². The van der Waals surface area contributed by atoms with Crippen molar-refractivity contribution in [2.45, 2.75) is 18.6 Å². The van der Waals surface area contributed by atoms with Crippen molar-refractivity contribution in [1.82, 2.24) is 49.8 Å². The number of nitrogens with zero attached hydrogens (tertiary/aromatic N) is 10. The smallest absolute Gasteiger partial charge is 0.350 e. The molecule has 0 N–H and O–H groups in total. The fourth-order valence-corrected chi connectivity index (χ4v) is 5.91. The van der Waals surface area contributed by atoms with Crippen LogP contribution in [-0.4, -0.2) is 95.1 Å². The van der Waals surface area contributed by atoms with Crippen molar-refractivity contribution in [2.24, 2.45) is 0 Å². The monoisotopic (exact) mass is 638 g/mol. The van der Waals surface area contributed by atoms with E-state index in [9.17, 15) is 13.6 Å². The molecule has 2 aromatic carbocycles. The van der Waals surface area contributed by atoms with Crippen LogP contribution in [0.15, 0.2) is 83.7 Å². The predicted molar refractivity (Wildman–Crippen MR) is 163 cm³/mol. The van der Waals surface area contributed by atoms with Gasteiger partial charge in [0, 0.05) is 49.7 Å². The number of benzene rings is 2. The Bertz CT molecular complexity index is 2030. The molecule has 0 aliphatic carbocycles. The molecule has 2 aliphatic rings. The van der Waals surface area contributed by atoms with Gasteiger partial charge in [0.15, 0.2) is 11.4 Å². The van der Waals surface area contributed by atoms with E-state index in [0.29, 0.717) is 66.7 Å². The third kappa shape index (κ3) is 5.63. The number of carbonyl (C=O) groups excluding carboxylic acids is 1. The summed E-state index contributed by atoms with van der Waals surface area (Å²) in [5.41, 5.74) is 5.01. The van der Waals surface area contributed by atoms with Crippen molar-refractivity contribution in [3.63, 3.8) is 0 Å². The van der Waals surface area contributed by atoms with Crippen molar-refractivity contribution in [3.05, 3.63) is 96.3 Å². The average molecular weight is 639 g/mol. The van der Waals surface area contributed by atoms with Crippen molar-refractivity contribution in [2.75, 3.05) is 39.4 Å². The fourth-order valence-electron chi connectivity index (χ4n) is 5.91. The van der Waals surface area contributed by atoms with E-state index in [2.05, 4.69) is 30.4 Å². The fraction of sp³-hybridized carbons (Fsp3) is 0.281. The molecule has 0 spiro atoms. The number of carbonyl (C=O) groups is 1. The number of halogens is 2. The van der Waals surface area contributed by atoms with Gasteiger partial charge in [0.05, 0.1) is 31.5 Å². The van der Waals surface area contributed by atoms with Crippen molar-refractivity contribution < 1.29 is 22.7 Å². The lowest BCUT2D eigenvalue weighted by Gasteiger charge is -2.38. The number of tetrazole rings is 1. The van der Waals surface area contributed by atoms with Gasteiger partial charge in [-0.1, -0.05) is 41.2 Å². The van der Waals surface area contributed by atoms with Gasteiger partial charge in [0.1, 0.15) is 11.2 Å². The number of rotatable bonds is 8. The van der Waals surface area contributed by atoms with E-state index in [1.807, 2.05) is 65.6 Å². The van der Waals surface area contributed by atoms with E-state index in [4.69, 9.17) is 14.1 Å². The molecule has 0 saturated carbocycles. The quantitative estimate of drug-likeness (QED) is 0.238. The molecule has 4 aromatic heterocycles. The molecule has 47 heavy (non-hydrogen) atoms. The molecule has 0 radical (unpaired) electrons. The zero-order chi connectivity index (χ0) is 31.9. The molecule has 2 saturated heterocycles. The van der Waals surface area contributed by atoms with Crippen LogP contribution in [0.4, 0.5) is 8.78 Å². The minimum absolute atomic E-state index is 0.176. The maximum Gasteiger partial charge on any atom is 0.350 e. The summed E-state index contributed by atoms with van der Waals surface area (Å²) in [6.45, 7) is 0.176. The van der Waals surface area contributed by atoms with Crippen LogP contribution in [0.5, 0.6) is 0 Å². The number of pyridine rings is 1. The van der Waals surface area contributed by atoms with E-state index < -0.39 is 12.6 Å². The van der Waals surface area contributed by atoms with Crippen molar-refractivity contribution in [1.29, 1.82) is 0 Å². The van der Waals surface area contributed by atoms with Gasteiger partial charge in [0.2, 0.25) is 5.89 Å². The predicted octanol–water partition coefficient (Wildman–Crippen LogP) is 4.25. The maximum absolute atomic E-state index is 13.6. The molecule has 15 heteroatoms. The number of fused-ring (bicyclic) bond motifs is 1. The Morgan fingerprint density at radius 3 is 2.51 bits per heavy atom. The summed E-state index contributed by atoms with van der Waals surface area (Å²) in [5, 5.41) is 15.9. The van der Waals surface area contributed by atoms with Gasteiger partial charge in [-0.05, 0) is 40.6 Å². The minimum Gasteiger partial charge on any atom is -0.436 e. The summed E-state index contributed by atoms with van der Waals surface area (Å²) in [5.74, 6) is 0.336. The lowest BCUT2D eigenvalue weighted by atomic mass is 10.0. The molecule has 2 fully saturated rings. The SMILES string of the molecule is O=C(c1cc(-c2nc3cc(-c4cnn(C5COC5)c4)ccc3o2)ccn1)N1CCN([C@H](c2ccccc2)c2nnn(C(F)F)n2)CC1. The number of aromatic nitrogens is 8. The van der Waals surface area contributed by atoms with Crippen molar-refractivity contribution >= 4 is 17.0 Å². The largest absolute Gasteiger partial charge is 0.436 e. The lowest BCUT2D eigenvalue weighted by molar-refractivity contribution is -0.0286. The normalized spacial score (nSPS) is 16.5. The number of alkyl halides is 2. The van der Waals surface area contributed by atoms with Gasteiger partial charge < -0.3 is 14.1 Å². The molecule has 1 amide bonds. The molecule has 1 atom stereocenters. The number of amides is 1. The summed E-state index contributed by atoms with van der Waals surface area (Å²) in [7, 11) is 0. The van der Waals surface area contributed by atoms with Crippen LogP contribution < -0.4 is 0 Å². The second-order valence-corrected chi connectivity index (χ2v) is 11.4. The zero-order valence-corrected chi connectivity index (χ0v) is 24.9. The summed E-state index contributed by atoms with van der Waals surface area (Å²) in [4.78, 5) is 26.7. The first kappa shape index (κ1) is 29.0. The van der Waals surface area contributed by atoms with E-state index in [1.165, 1.54) is 0 Å². The second kappa shape index (κ2) is 12.1. The molecule has 0 bridgehead atoms. The Balaban J connectivity index is 0.975. The molecule has 238 valence electrons. The van der Waals surface area contributed by atoms with Crippen LogP contribution in [0.2, 0.25) is 0 Å². The van der Waals surface area contributed by atoms with E-state index >= 15 is 0 Å². The van der Waals surface area contributed by atoms with Gasteiger partial charge in [-0.2, -0.15) is 13.9 Å². The molecule has 6 aromatic rings. The summed E-state index contributed by atoms with van der Waals surface area (Å²) < 4.78 is 39.7. The molecule has 6 heterocycles. The van der Waals surface area contributed by atoms with Crippen LogP contribution >= 0.6 is 0 Å². The van der Waals surface area contributed by atoms with Gasteiger partial charge >= 0.3 is 6.55 Å². The number of ether oxygens (including phenoxy) is 1. The highest BCUT2D eigenvalue weighted by molar-refractivity contribution is 5.93. The first-order valence-electron chi connectivity index (χ1n) is 15.2. The Kier molecular flexibility index (Phi) is 7.46. The van der Waals surface area contributed by atoms with Crippen LogP contribution in [0.25, 0.3) is 33.7 Å². The molecule has 13 nitrogen and oxygen atoms in total. The van der Waals surface area contributed by atoms with E-state index in [-0.39, 0.29) is 23.5 Å². The number of hydrogen-bond acceptors (Lipinski definition) is 10. The van der Waals surface area contributed by atoms with Gasteiger partial charge in [-0.15, -0.1) is 10.2 Å². The van der Waals surface area contributed by atoms with Crippen LogP contribution in [0, 0.1) is 0 Å². The summed E-state index contributed by atoms with van der Waals surface area (Å²) >= 11 is 0. The Labute approximate surface area is 266 Å². The average Bonchev–Trinajstić information content (AvgIpc) is 3.85. The number of hydrogen-bond donors (Lipinski definition) is 0. The highest BCUT2D eigenvalue weighted by Gasteiger charge is 2.32. The maximum atomic E-state index is 13.6. The highest BCUT2D eigenvalue weighted by Crippen LogP contribution is 2.31. The summed E-state index contributed by atoms with van der Waals surface area (Å²) in [6.07, 6.45) is 5.41. The van der Waals surface area contributed by atoms with Gasteiger partial charge in [0.25, 0.3) is 5.91 Å². The second-order valence-electron chi connectivity index (χ2n) is 11.4. The highest BCUT2D eigenvalue weighted by atomic mass is 19.3. The lowest BCUT2D eigenvalue weighted by Crippen LogP contribution is -2.50. The first-order valence-corrected chi connectivity index (χ1v) is 15.2. The molecule has 0 unspecified atom stereocenters. The number of piperazine rings is 1. The summed E-state index contributed by atoms with van der Waals surface area (Å²) in [6, 6.07) is 18.4. The minimum atomic E-state index is -2.89. The molecular weight excluding hydrogens is 610 g/mol. The standard InChI is InChI=1S/C32H28F2N10O3/c33-32(34)44-39-29(38-40-44)28(20-4-2-1-3-5-20)41-10-12-42(13-11-41)31(45)26-15-22(8-9-35-26)30-37-25-14-21(6-7-27(25)47-30)23-16-36-43(17-23)24-18-46-19-24/h1-9,14-17,24,28,32H,10-13,18-19H2/t28-/m1/s1. The van der Waals surface area contributed by atoms with E-state index in [1.54, 1.807) is 23.2 Å². The molecular formula is C32H28F2N10O3. The molecule has 8 rings (SSSR count). The van der Waals surface area contributed by atoms with Crippen molar-refractivity contribution in [3.8, 4) is 22.6 Å². The van der Waals surface area contributed by atoms with E-state index in [0.717, 1.165) is 16.7 Å². The molecule has 2 aliphatic heterocycles. The Morgan fingerprint density at radius 1 is 0.936 bits per heavy atom. The topological polar surface area (TPSA) is 133 Å². The first-order chi connectivity index (χ1) is 23.0.